The minimum atomic E-state index is -4.42. The number of carbonyl (C=O) groups excluding carboxylic acids is 1. The van der Waals surface area contributed by atoms with Crippen molar-refractivity contribution in [1.29, 1.82) is 0 Å². The first-order valence-electron chi connectivity index (χ1n) is 8.34. The van der Waals surface area contributed by atoms with Crippen molar-refractivity contribution in [3.63, 3.8) is 0 Å². The van der Waals surface area contributed by atoms with Crippen molar-refractivity contribution < 1.29 is 18.0 Å². The summed E-state index contributed by atoms with van der Waals surface area (Å²) in [5.74, 6) is -0.739. The largest absolute Gasteiger partial charge is 0.405 e. The second-order valence-corrected chi connectivity index (χ2v) is 6.35. The molecule has 3 aromatic rings. The maximum atomic E-state index is 12.2. The van der Waals surface area contributed by atoms with Gasteiger partial charge in [0.1, 0.15) is 6.54 Å². The van der Waals surface area contributed by atoms with Crippen LogP contribution in [0.4, 0.5) is 13.2 Å². The zero-order chi connectivity index (χ0) is 19.4. The normalized spacial score (nSPS) is 11.9. The minimum absolute atomic E-state index is 0.200. The average molecular weight is 376 g/mol. The Morgan fingerprint density at radius 3 is 2.56 bits per heavy atom. The summed E-state index contributed by atoms with van der Waals surface area (Å²) in [7, 11) is 1.96. The molecule has 0 spiro atoms. The Hall–Kier alpha value is -2.87. The Balaban J connectivity index is 1.58. The van der Waals surface area contributed by atoms with Gasteiger partial charge in [0.2, 0.25) is 0 Å². The van der Waals surface area contributed by atoms with Crippen LogP contribution in [0.1, 0.15) is 15.9 Å². The molecule has 27 heavy (non-hydrogen) atoms. The number of benzene rings is 2. The Kier molecular flexibility index (Phi) is 5.46. The SMILES string of the molecule is CN(Cc1ccc(C(=O)NCC(F)(F)F)cc1)Cn1cnc2ccccc21. The minimum Gasteiger partial charge on any atom is -0.343 e. The fourth-order valence-corrected chi connectivity index (χ4v) is 2.79. The lowest BCUT2D eigenvalue weighted by Crippen LogP contribution is -2.33. The topological polar surface area (TPSA) is 50.2 Å². The molecule has 0 aliphatic carbocycles. The van der Waals surface area contributed by atoms with Gasteiger partial charge in [-0.1, -0.05) is 24.3 Å². The molecule has 5 nitrogen and oxygen atoms in total. The molecule has 1 heterocycles. The zero-order valence-electron chi connectivity index (χ0n) is 14.7. The number of aromatic nitrogens is 2. The van der Waals surface area contributed by atoms with E-state index in [1.165, 1.54) is 12.1 Å². The van der Waals surface area contributed by atoms with Gasteiger partial charge in [0.15, 0.2) is 0 Å². The van der Waals surface area contributed by atoms with Crippen molar-refractivity contribution in [2.45, 2.75) is 19.4 Å². The summed E-state index contributed by atoms with van der Waals surface area (Å²) in [4.78, 5) is 18.2. The number of carbonyl (C=O) groups is 1. The Labute approximate surface area is 154 Å². The number of fused-ring (bicyclic) bond motifs is 1. The van der Waals surface area contributed by atoms with E-state index in [2.05, 4.69) is 9.88 Å². The van der Waals surface area contributed by atoms with Crippen LogP contribution in [-0.2, 0) is 13.2 Å². The number of rotatable bonds is 6. The Bertz CT molecular complexity index is 919. The summed E-state index contributed by atoms with van der Waals surface area (Å²) in [6, 6.07) is 14.4. The molecule has 0 saturated carbocycles. The molecule has 2 aromatic carbocycles. The van der Waals surface area contributed by atoms with Gasteiger partial charge in [-0.15, -0.1) is 0 Å². The number of nitrogens with one attached hydrogen (secondary N) is 1. The monoisotopic (exact) mass is 376 g/mol. The van der Waals surface area contributed by atoms with Gasteiger partial charge >= 0.3 is 6.18 Å². The lowest BCUT2D eigenvalue weighted by molar-refractivity contribution is -0.123. The standard InChI is InChI=1S/C19H19F3N4O/c1-25(13-26-12-24-16-4-2-3-5-17(16)26)10-14-6-8-15(9-7-14)18(27)23-11-19(20,21)22/h2-9,12H,10-11,13H2,1H3,(H,23,27). The molecule has 8 heteroatoms. The van der Waals surface area contributed by atoms with Crippen molar-refractivity contribution >= 4 is 16.9 Å². The maximum Gasteiger partial charge on any atom is 0.405 e. The van der Waals surface area contributed by atoms with Crippen LogP contribution in [0.15, 0.2) is 54.9 Å². The van der Waals surface area contributed by atoms with Crippen LogP contribution in [0.3, 0.4) is 0 Å². The van der Waals surface area contributed by atoms with Crippen molar-refractivity contribution in [1.82, 2.24) is 19.8 Å². The van der Waals surface area contributed by atoms with Crippen LogP contribution in [0, 0.1) is 0 Å². The van der Waals surface area contributed by atoms with E-state index >= 15 is 0 Å². The third kappa shape index (κ3) is 5.07. The average Bonchev–Trinajstić information content (AvgIpc) is 3.03. The van der Waals surface area contributed by atoms with E-state index in [9.17, 15) is 18.0 Å². The molecule has 0 unspecified atom stereocenters. The highest BCUT2D eigenvalue weighted by atomic mass is 19.4. The van der Waals surface area contributed by atoms with E-state index in [0.29, 0.717) is 13.2 Å². The number of hydrogen-bond acceptors (Lipinski definition) is 3. The van der Waals surface area contributed by atoms with Gasteiger partial charge < -0.3 is 9.88 Å². The third-order valence-electron chi connectivity index (χ3n) is 4.04. The lowest BCUT2D eigenvalue weighted by Gasteiger charge is -2.18. The molecular weight excluding hydrogens is 357 g/mol. The van der Waals surface area contributed by atoms with Crippen molar-refractivity contribution in [3.05, 3.63) is 66.0 Å². The van der Waals surface area contributed by atoms with E-state index in [-0.39, 0.29) is 5.56 Å². The molecule has 0 aliphatic heterocycles. The molecule has 1 N–H and O–H groups in total. The van der Waals surface area contributed by atoms with E-state index in [1.54, 1.807) is 18.5 Å². The van der Waals surface area contributed by atoms with Gasteiger partial charge in [0.25, 0.3) is 5.91 Å². The van der Waals surface area contributed by atoms with Gasteiger partial charge in [-0.25, -0.2) is 4.98 Å². The van der Waals surface area contributed by atoms with Crippen LogP contribution in [0.25, 0.3) is 11.0 Å². The number of alkyl halides is 3. The lowest BCUT2D eigenvalue weighted by atomic mass is 10.1. The van der Waals surface area contributed by atoms with Crippen LogP contribution < -0.4 is 5.32 Å². The van der Waals surface area contributed by atoms with Crippen LogP contribution in [0.5, 0.6) is 0 Å². The Morgan fingerprint density at radius 2 is 1.85 bits per heavy atom. The van der Waals surface area contributed by atoms with Gasteiger partial charge in [0, 0.05) is 12.1 Å². The molecule has 0 atom stereocenters. The molecule has 0 radical (unpaired) electrons. The number of imidazole rings is 1. The first-order valence-corrected chi connectivity index (χ1v) is 8.34. The van der Waals surface area contributed by atoms with E-state index in [1.807, 2.05) is 41.2 Å². The molecule has 142 valence electrons. The summed E-state index contributed by atoms with van der Waals surface area (Å²) in [6.07, 6.45) is -2.63. The molecule has 3 rings (SSSR count). The van der Waals surface area contributed by atoms with Crippen LogP contribution >= 0.6 is 0 Å². The summed E-state index contributed by atoms with van der Waals surface area (Å²) in [5.41, 5.74) is 3.13. The number of halogens is 3. The number of para-hydroxylation sites is 2. The molecule has 0 aliphatic rings. The first-order chi connectivity index (χ1) is 12.8. The van der Waals surface area contributed by atoms with Crippen LogP contribution in [0.2, 0.25) is 0 Å². The van der Waals surface area contributed by atoms with Crippen molar-refractivity contribution in [3.8, 4) is 0 Å². The zero-order valence-corrected chi connectivity index (χ0v) is 14.7. The second-order valence-electron chi connectivity index (χ2n) is 6.35. The molecular formula is C19H19F3N4O. The Morgan fingerprint density at radius 1 is 1.15 bits per heavy atom. The van der Waals surface area contributed by atoms with E-state index < -0.39 is 18.6 Å². The molecule has 0 fully saturated rings. The number of nitrogens with zero attached hydrogens (tertiary/aromatic N) is 3. The first kappa shape index (κ1) is 18.9. The maximum absolute atomic E-state index is 12.2. The summed E-state index contributed by atoms with van der Waals surface area (Å²) in [6.45, 7) is -0.0829. The number of hydrogen-bond donors (Lipinski definition) is 1. The highest BCUT2D eigenvalue weighted by Gasteiger charge is 2.27. The number of amides is 1. The molecule has 1 amide bonds. The van der Waals surface area contributed by atoms with Gasteiger partial charge in [-0.3, -0.25) is 9.69 Å². The predicted molar refractivity (Wildman–Crippen MR) is 96.0 cm³/mol. The highest BCUT2D eigenvalue weighted by molar-refractivity contribution is 5.94. The predicted octanol–water partition coefficient (Wildman–Crippen LogP) is 3.42. The molecule has 1 aromatic heterocycles. The van der Waals surface area contributed by atoms with E-state index in [0.717, 1.165) is 16.6 Å². The fraction of sp³-hybridized carbons (Fsp3) is 0.263. The quantitative estimate of drug-likeness (QED) is 0.717. The van der Waals surface area contributed by atoms with E-state index in [4.69, 9.17) is 0 Å². The molecule has 0 bridgehead atoms. The summed E-state index contributed by atoms with van der Waals surface area (Å²) >= 11 is 0. The fourth-order valence-electron chi connectivity index (χ4n) is 2.79. The van der Waals surface area contributed by atoms with Crippen molar-refractivity contribution in [2.24, 2.45) is 0 Å². The van der Waals surface area contributed by atoms with Gasteiger partial charge in [-0.05, 0) is 36.9 Å². The second kappa shape index (κ2) is 7.79. The van der Waals surface area contributed by atoms with Gasteiger partial charge in [-0.2, -0.15) is 13.2 Å². The van der Waals surface area contributed by atoms with Crippen LogP contribution in [-0.4, -0.2) is 40.1 Å². The third-order valence-corrected chi connectivity index (χ3v) is 4.04. The highest BCUT2D eigenvalue weighted by Crippen LogP contribution is 2.15. The van der Waals surface area contributed by atoms with Crippen molar-refractivity contribution in [2.75, 3.05) is 13.6 Å². The van der Waals surface area contributed by atoms with Gasteiger partial charge in [0.05, 0.1) is 24.0 Å². The molecule has 0 saturated heterocycles. The summed E-state index contributed by atoms with van der Waals surface area (Å²) < 4.78 is 38.5. The summed E-state index contributed by atoms with van der Waals surface area (Å²) in [5, 5.41) is 1.86. The smallest absolute Gasteiger partial charge is 0.343 e.